The van der Waals surface area contributed by atoms with Crippen LogP contribution in [0.25, 0.3) is 22.2 Å². The van der Waals surface area contributed by atoms with Crippen LogP contribution in [0.1, 0.15) is 11.1 Å². The van der Waals surface area contributed by atoms with Gasteiger partial charge in [0.05, 0.1) is 39.0 Å². The fourth-order valence-corrected chi connectivity index (χ4v) is 3.14. The first-order chi connectivity index (χ1) is 13.0. The molecule has 0 bridgehead atoms. The third-order valence-electron chi connectivity index (χ3n) is 4.42. The van der Waals surface area contributed by atoms with Crippen molar-refractivity contribution in [3.05, 3.63) is 47.5 Å². The molecule has 0 aliphatic rings. The maximum absolute atomic E-state index is 11.2. The van der Waals surface area contributed by atoms with E-state index in [-0.39, 0.29) is 12.3 Å². The summed E-state index contributed by atoms with van der Waals surface area (Å²) in [5.74, 6) is 1.29. The van der Waals surface area contributed by atoms with Gasteiger partial charge >= 0.3 is 0 Å². The monoisotopic (exact) mass is 366 g/mol. The van der Waals surface area contributed by atoms with Crippen LogP contribution in [0, 0.1) is 6.92 Å². The summed E-state index contributed by atoms with van der Waals surface area (Å²) in [5.41, 5.74) is 9.65. The molecule has 2 aromatic carbocycles. The number of carbonyl (C=O) groups is 1. The van der Waals surface area contributed by atoms with Crippen molar-refractivity contribution >= 4 is 16.8 Å². The van der Waals surface area contributed by atoms with E-state index in [1.54, 1.807) is 21.3 Å². The van der Waals surface area contributed by atoms with Crippen molar-refractivity contribution in [3.63, 3.8) is 0 Å². The minimum absolute atomic E-state index is 0.186. The van der Waals surface area contributed by atoms with Gasteiger partial charge in [0.25, 0.3) is 0 Å². The number of ether oxygens (including phenoxy) is 3. The number of pyridine rings is 1. The number of amides is 1. The molecule has 2 N–H and O–H groups in total. The summed E-state index contributed by atoms with van der Waals surface area (Å²) in [6, 6.07) is 11.5. The van der Waals surface area contributed by atoms with Gasteiger partial charge in [-0.3, -0.25) is 4.79 Å². The van der Waals surface area contributed by atoms with Crippen LogP contribution < -0.4 is 19.9 Å². The normalized spacial score (nSPS) is 10.7. The lowest BCUT2D eigenvalue weighted by Crippen LogP contribution is -2.13. The predicted molar refractivity (Wildman–Crippen MR) is 104 cm³/mol. The van der Waals surface area contributed by atoms with E-state index in [1.807, 2.05) is 43.3 Å². The van der Waals surface area contributed by atoms with Gasteiger partial charge < -0.3 is 19.9 Å². The zero-order chi connectivity index (χ0) is 19.6. The van der Waals surface area contributed by atoms with E-state index in [4.69, 9.17) is 24.9 Å². The molecule has 27 heavy (non-hydrogen) atoms. The first-order valence-electron chi connectivity index (χ1n) is 8.45. The number of benzene rings is 2. The molecule has 0 spiro atoms. The van der Waals surface area contributed by atoms with Gasteiger partial charge in [-0.1, -0.05) is 12.1 Å². The molecule has 6 heteroatoms. The second-order valence-electron chi connectivity index (χ2n) is 6.23. The van der Waals surface area contributed by atoms with Crippen molar-refractivity contribution in [2.45, 2.75) is 13.3 Å². The average molecular weight is 366 g/mol. The number of fused-ring (bicyclic) bond motifs is 1. The third-order valence-corrected chi connectivity index (χ3v) is 4.42. The lowest BCUT2D eigenvalue weighted by molar-refractivity contribution is -0.117. The molecular formula is C21H22N2O4. The standard InChI is InChI=1S/C21H22N2O4/c1-12-7-16(14-10-18(25-2)21(27-4)19(11-14)26-3)23-17-8-13(9-20(22)24)5-6-15(12)17/h5-8,10-11H,9H2,1-4H3,(H2,22,24). The largest absolute Gasteiger partial charge is 0.493 e. The van der Waals surface area contributed by atoms with Crippen LogP contribution in [0.4, 0.5) is 0 Å². The Balaban J connectivity index is 2.17. The summed E-state index contributed by atoms with van der Waals surface area (Å²) in [6.07, 6.45) is 0.186. The Morgan fingerprint density at radius 1 is 1.00 bits per heavy atom. The highest BCUT2D eigenvalue weighted by Gasteiger charge is 2.15. The number of hydrogen-bond acceptors (Lipinski definition) is 5. The van der Waals surface area contributed by atoms with Crippen molar-refractivity contribution in [3.8, 4) is 28.5 Å². The molecule has 3 rings (SSSR count). The van der Waals surface area contributed by atoms with Crippen molar-refractivity contribution in [1.82, 2.24) is 4.98 Å². The molecule has 0 atom stereocenters. The van der Waals surface area contributed by atoms with Crippen LogP contribution >= 0.6 is 0 Å². The van der Waals surface area contributed by atoms with Gasteiger partial charge in [0, 0.05) is 10.9 Å². The van der Waals surface area contributed by atoms with E-state index in [9.17, 15) is 4.79 Å². The maximum atomic E-state index is 11.2. The van der Waals surface area contributed by atoms with Crippen LogP contribution in [0.3, 0.4) is 0 Å². The van der Waals surface area contributed by atoms with E-state index < -0.39 is 0 Å². The van der Waals surface area contributed by atoms with Crippen molar-refractivity contribution in [2.75, 3.05) is 21.3 Å². The van der Waals surface area contributed by atoms with Gasteiger partial charge in [-0.25, -0.2) is 4.98 Å². The molecule has 1 amide bonds. The number of methoxy groups -OCH3 is 3. The molecule has 0 fully saturated rings. The Labute approximate surface area is 157 Å². The Bertz CT molecular complexity index is 989. The lowest BCUT2D eigenvalue weighted by atomic mass is 10.0. The van der Waals surface area contributed by atoms with E-state index in [2.05, 4.69) is 0 Å². The Morgan fingerprint density at radius 3 is 2.22 bits per heavy atom. The second-order valence-corrected chi connectivity index (χ2v) is 6.23. The molecule has 0 aliphatic carbocycles. The van der Waals surface area contributed by atoms with E-state index in [0.29, 0.717) is 17.2 Å². The summed E-state index contributed by atoms with van der Waals surface area (Å²) in [7, 11) is 4.73. The predicted octanol–water partition coefficient (Wildman–Crippen LogP) is 3.26. The highest BCUT2D eigenvalue weighted by Crippen LogP contribution is 2.41. The minimum Gasteiger partial charge on any atom is -0.493 e. The third kappa shape index (κ3) is 3.65. The number of rotatable bonds is 6. The number of nitrogens with zero attached hydrogens (tertiary/aromatic N) is 1. The van der Waals surface area contributed by atoms with Crippen LogP contribution in [0.15, 0.2) is 36.4 Å². The topological polar surface area (TPSA) is 83.7 Å². The lowest BCUT2D eigenvalue weighted by Gasteiger charge is -2.15. The number of aryl methyl sites for hydroxylation is 1. The van der Waals surface area contributed by atoms with E-state index in [0.717, 1.165) is 33.3 Å². The summed E-state index contributed by atoms with van der Waals surface area (Å²) >= 11 is 0. The molecule has 0 saturated heterocycles. The molecule has 140 valence electrons. The molecule has 0 saturated carbocycles. The molecular weight excluding hydrogens is 344 g/mol. The van der Waals surface area contributed by atoms with Crippen molar-refractivity contribution in [1.29, 1.82) is 0 Å². The molecule has 1 heterocycles. The molecule has 0 aliphatic heterocycles. The number of primary amides is 1. The van der Waals surface area contributed by atoms with Gasteiger partial charge in [-0.2, -0.15) is 0 Å². The van der Waals surface area contributed by atoms with E-state index in [1.165, 1.54) is 0 Å². The first kappa shape index (κ1) is 18.5. The zero-order valence-corrected chi connectivity index (χ0v) is 15.8. The van der Waals surface area contributed by atoms with E-state index >= 15 is 0 Å². The SMILES string of the molecule is COc1cc(-c2cc(C)c3ccc(CC(N)=O)cc3n2)cc(OC)c1OC. The summed E-state index contributed by atoms with van der Waals surface area (Å²) in [4.78, 5) is 16.0. The number of nitrogens with two attached hydrogens (primary N) is 1. The van der Waals surface area contributed by atoms with Crippen LogP contribution in [0.5, 0.6) is 17.2 Å². The van der Waals surface area contributed by atoms with Gasteiger partial charge in [0.2, 0.25) is 11.7 Å². The molecule has 1 aromatic heterocycles. The van der Waals surface area contributed by atoms with Crippen LogP contribution in [0.2, 0.25) is 0 Å². The second kappa shape index (κ2) is 7.53. The fourth-order valence-electron chi connectivity index (χ4n) is 3.14. The highest BCUT2D eigenvalue weighted by atomic mass is 16.5. The summed E-state index contributed by atoms with van der Waals surface area (Å²) in [5, 5.41) is 1.03. The van der Waals surface area contributed by atoms with Gasteiger partial charge in [0.15, 0.2) is 11.5 Å². The minimum atomic E-state index is -0.369. The van der Waals surface area contributed by atoms with Crippen LogP contribution in [-0.2, 0) is 11.2 Å². The fraction of sp³-hybridized carbons (Fsp3) is 0.238. The maximum Gasteiger partial charge on any atom is 0.221 e. The number of carbonyl (C=O) groups excluding carboxylic acids is 1. The van der Waals surface area contributed by atoms with Gasteiger partial charge in [0.1, 0.15) is 0 Å². The quantitative estimate of drug-likeness (QED) is 0.724. The van der Waals surface area contributed by atoms with Gasteiger partial charge in [-0.15, -0.1) is 0 Å². The van der Waals surface area contributed by atoms with Crippen molar-refractivity contribution < 1.29 is 19.0 Å². The van der Waals surface area contributed by atoms with Crippen molar-refractivity contribution in [2.24, 2.45) is 5.73 Å². The molecule has 0 unspecified atom stereocenters. The highest BCUT2D eigenvalue weighted by molar-refractivity contribution is 5.87. The smallest absolute Gasteiger partial charge is 0.221 e. The zero-order valence-electron chi connectivity index (χ0n) is 15.8. The number of hydrogen-bond donors (Lipinski definition) is 1. The molecule has 3 aromatic rings. The molecule has 6 nitrogen and oxygen atoms in total. The number of aromatic nitrogens is 1. The Morgan fingerprint density at radius 2 is 1.67 bits per heavy atom. The Hall–Kier alpha value is -3.28. The molecule has 0 radical (unpaired) electrons. The Kier molecular flexibility index (Phi) is 5.16. The summed E-state index contributed by atoms with van der Waals surface area (Å²) in [6.45, 7) is 2.03. The van der Waals surface area contributed by atoms with Crippen LogP contribution in [-0.4, -0.2) is 32.2 Å². The first-order valence-corrected chi connectivity index (χ1v) is 8.45. The summed E-state index contributed by atoms with van der Waals surface area (Å²) < 4.78 is 16.3. The average Bonchev–Trinajstić information content (AvgIpc) is 2.65. The van der Waals surface area contributed by atoms with Gasteiger partial charge in [-0.05, 0) is 42.3 Å².